The highest BCUT2D eigenvalue weighted by Gasteiger charge is 2.51. The van der Waals surface area contributed by atoms with Gasteiger partial charge < -0.3 is 20.2 Å². The minimum atomic E-state index is -0.810. The number of amides is 4. The van der Waals surface area contributed by atoms with Crippen LogP contribution in [0.4, 0.5) is 4.79 Å². The maximum Gasteiger partial charge on any atom is 0.334 e. The SMILES string of the molecule is C=CCN1CC(=O)N2[C@@H](Cc3ccc(O)cc3)C(=O)N(Cc3ccccc3)C[C@@H]2N1C(=O)NCc1ccccc1. The number of nitrogens with one attached hydrogen (secondary N) is 1. The molecule has 0 bridgehead atoms. The van der Waals surface area contributed by atoms with E-state index in [4.69, 9.17) is 0 Å². The van der Waals surface area contributed by atoms with Gasteiger partial charge in [-0.15, -0.1) is 6.58 Å². The molecule has 0 unspecified atom stereocenters. The van der Waals surface area contributed by atoms with Gasteiger partial charge in [0.1, 0.15) is 18.0 Å². The molecule has 2 N–H and O–H groups in total. The van der Waals surface area contributed by atoms with E-state index < -0.39 is 12.2 Å². The lowest BCUT2D eigenvalue weighted by Crippen LogP contribution is -2.76. The van der Waals surface area contributed by atoms with E-state index in [2.05, 4.69) is 11.9 Å². The zero-order valence-electron chi connectivity index (χ0n) is 22.2. The zero-order valence-corrected chi connectivity index (χ0v) is 22.2. The lowest BCUT2D eigenvalue weighted by molar-refractivity contribution is -0.189. The number of rotatable bonds is 8. The summed E-state index contributed by atoms with van der Waals surface area (Å²) in [5, 5.41) is 16.0. The molecule has 2 aliphatic rings. The Labute approximate surface area is 233 Å². The number of carbonyl (C=O) groups is 3. The van der Waals surface area contributed by atoms with Crippen molar-refractivity contribution in [1.82, 2.24) is 25.1 Å². The standard InChI is InChI=1S/C31H33N5O4/c1-2-17-34-22-29(38)35-27(18-23-13-15-26(37)16-14-23)30(39)33(20-25-11-7-4-8-12-25)21-28(35)36(34)31(40)32-19-24-9-5-3-6-10-24/h2-16,27-28,37H,1,17-22H2,(H,32,40)/t27-,28-/m0/s1. The molecule has 9 nitrogen and oxygen atoms in total. The number of aromatic hydroxyl groups is 1. The number of nitrogens with zero attached hydrogens (tertiary/aromatic N) is 4. The summed E-state index contributed by atoms with van der Waals surface area (Å²) in [6.07, 6.45) is 1.21. The van der Waals surface area contributed by atoms with Gasteiger partial charge in [-0.05, 0) is 28.8 Å². The van der Waals surface area contributed by atoms with Crippen molar-refractivity contribution in [3.05, 3.63) is 114 Å². The van der Waals surface area contributed by atoms with Crippen LogP contribution in [0.5, 0.6) is 5.75 Å². The fourth-order valence-electron chi connectivity index (χ4n) is 5.36. The number of benzene rings is 3. The van der Waals surface area contributed by atoms with Gasteiger partial charge in [0.2, 0.25) is 11.8 Å². The maximum absolute atomic E-state index is 13.9. The molecule has 0 aromatic heterocycles. The predicted molar refractivity (Wildman–Crippen MR) is 150 cm³/mol. The number of phenols is 1. The molecule has 2 saturated heterocycles. The number of hydrogen-bond donors (Lipinski definition) is 2. The van der Waals surface area contributed by atoms with Crippen LogP contribution in [0.2, 0.25) is 0 Å². The highest BCUT2D eigenvalue weighted by atomic mass is 16.3. The number of hydrazine groups is 1. The summed E-state index contributed by atoms with van der Waals surface area (Å²) < 4.78 is 0. The van der Waals surface area contributed by atoms with Crippen LogP contribution in [0, 0.1) is 0 Å². The Morgan fingerprint density at radius 1 is 0.925 bits per heavy atom. The fourth-order valence-corrected chi connectivity index (χ4v) is 5.36. The molecule has 2 aliphatic heterocycles. The van der Waals surface area contributed by atoms with Gasteiger partial charge in [0, 0.05) is 26.1 Å². The van der Waals surface area contributed by atoms with Gasteiger partial charge >= 0.3 is 6.03 Å². The van der Waals surface area contributed by atoms with Crippen molar-refractivity contribution in [2.24, 2.45) is 0 Å². The number of urea groups is 1. The highest BCUT2D eigenvalue weighted by Crippen LogP contribution is 2.29. The lowest BCUT2D eigenvalue weighted by atomic mass is 9.98. The average Bonchev–Trinajstić information content (AvgIpc) is 2.96. The predicted octanol–water partition coefficient (Wildman–Crippen LogP) is 3.13. The second kappa shape index (κ2) is 12.0. The lowest BCUT2D eigenvalue weighted by Gasteiger charge is -2.55. The minimum absolute atomic E-state index is 0.0562. The Hall–Kier alpha value is -4.63. The molecule has 2 atom stereocenters. The summed E-state index contributed by atoms with van der Waals surface area (Å²) in [4.78, 5) is 44.6. The van der Waals surface area contributed by atoms with Crippen LogP contribution in [0.1, 0.15) is 16.7 Å². The molecule has 0 aliphatic carbocycles. The highest BCUT2D eigenvalue weighted by molar-refractivity contribution is 5.91. The smallest absolute Gasteiger partial charge is 0.334 e. The van der Waals surface area contributed by atoms with Crippen LogP contribution in [-0.4, -0.2) is 74.6 Å². The van der Waals surface area contributed by atoms with Crippen molar-refractivity contribution in [1.29, 1.82) is 0 Å². The molecule has 2 heterocycles. The second-order valence-electron chi connectivity index (χ2n) is 10.00. The van der Waals surface area contributed by atoms with E-state index >= 15 is 0 Å². The average molecular weight is 540 g/mol. The Morgan fingerprint density at radius 3 is 2.23 bits per heavy atom. The summed E-state index contributed by atoms with van der Waals surface area (Å²) in [6, 6.07) is 24.7. The number of carbonyl (C=O) groups excluding carboxylic acids is 3. The van der Waals surface area contributed by atoms with Crippen LogP contribution in [0.25, 0.3) is 0 Å². The molecule has 4 amide bonds. The van der Waals surface area contributed by atoms with Gasteiger partial charge in [0.05, 0.1) is 13.1 Å². The van der Waals surface area contributed by atoms with Crippen LogP contribution in [-0.2, 0) is 29.1 Å². The Balaban J connectivity index is 1.48. The summed E-state index contributed by atoms with van der Waals surface area (Å²) >= 11 is 0. The quantitative estimate of drug-likeness (QED) is 0.429. The van der Waals surface area contributed by atoms with Gasteiger partial charge in [0.15, 0.2) is 0 Å². The van der Waals surface area contributed by atoms with Gasteiger partial charge in [0.25, 0.3) is 0 Å². The van der Waals surface area contributed by atoms with E-state index in [1.54, 1.807) is 50.2 Å². The molecule has 3 aromatic rings. The van der Waals surface area contributed by atoms with Crippen LogP contribution < -0.4 is 5.32 Å². The normalized spacial score (nSPS) is 19.4. The first-order valence-corrected chi connectivity index (χ1v) is 13.3. The fraction of sp³-hybridized carbons (Fsp3) is 0.258. The topological polar surface area (TPSA) is 96.4 Å². The van der Waals surface area contributed by atoms with E-state index in [1.165, 1.54) is 0 Å². The van der Waals surface area contributed by atoms with Crippen molar-refractivity contribution >= 4 is 17.8 Å². The number of hydrogen-bond acceptors (Lipinski definition) is 5. The molecule has 9 heteroatoms. The minimum Gasteiger partial charge on any atom is -0.508 e. The first kappa shape index (κ1) is 27.0. The van der Waals surface area contributed by atoms with Gasteiger partial charge in [-0.2, -0.15) is 0 Å². The van der Waals surface area contributed by atoms with Crippen molar-refractivity contribution in [2.45, 2.75) is 31.7 Å². The zero-order chi connectivity index (χ0) is 28.1. The Morgan fingerprint density at radius 2 is 1.57 bits per heavy atom. The third-order valence-corrected chi connectivity index (χ3v) is 7.25. The van der Waals surface area contributed by atoms with Crippen molar-refractivity contribution in [3.63, 3.8) is 0 Å². The number of fused-ring (bicyclic) bond motifs is 1. The van der Waals surface area contributed by atoms with Crippen molar-refractivity contribution in [3.8, 4) is 5.75 Å². The van der Waals surface area contributed by atoms with Gasteiger partial charge in [-0.25, -0.2) is 14.8 Å². The number of phenolic OH excluding ortho intramolecular Hbond substituents is 1. The summed E-state index contributed by atoms with van der Waals surface area (Å²) in [7, 11) is 0. The molecule has 40 heavy (non-hydrogen) atoms. The van der Waals surface area contributed by atoms with E-state index in [0.29, 0.717) is 19.6 Å². The van der Waals surface area contributed by atoms with Gasteiger partial charge in [-0.3, -0.25) is 9.59 Å². The molecule has 5 rings (SSSR count). The van der Waals surface area contributed by atoms with Crippen LogP contribution >= 0.6 is 0 Å². The van der Waals surface area contributed by atoms with Gasteiger partial charge in [-0.1, -0.05) is 78.9 Å². The molecule has 0 radical (unpaired) electrons. The first-order valence-electron chi connectivity index (χ1n) is 13.3. The molecule has 206 valence electrons. The number of piperazine rings is 1. The third kappa shape index (κ3) is 5.84. The molecule has 2 fully saturated rings. The monoisotopic (exact) mass is 539 g/mol. The second-order valence-corrected chi connectivity index (χ2v) is 10.00. The van der Waals surface area contributed by atoms with E-state index in [0.717, 1.165) is 16.7 Å². The molecule has 0 spiro atoms. The summed E-state index contributed by atoms with van der Waals surface area (Å²) in [6.45, 7) is 4.90. The molecular formula is C31H33N5O4. The summed E-state index contributed by atoms with van der Waals surface area (Å²) in [5.41, 5.74) is 2.71. The molecule has 0 saturated carbocycles. The van der Waals surface area contributed by atoms with Crippen LogP contribution in [0.3, 0.4) is 0 Å². The van der Waals surface area contributed by atoms with Crippen molar-refractivity contribution < 1.29 is 19.5 Å². The molecule has 3 aromatic carbocycles. The van der Waals surface area contributed by atoms with Crippen molar-refractivity contribution in [2.75, 3.05) is 19.6 Å². The van der Waals surface area contributed by atoms with Crippen LogP contribution in [0.15, 0.2) is 97.6 Å². The first-order chi connectivity index (χ1) is 19.4. The van der Waals surface area contributed by atoms with E-state index in [1.807, 2.05) is 60.7 Å². The maximum atomic E-state index is 13.9. The summed E-state index contributed by atoms with van der Waals surface area (Å²) in [5.74, 6) is -0.281. The largest absolute Gasteiger partial charge is 0.508 e. The Bertz CT molecular complexity index is 1350. The van der Waals surface area contributed by atoms with E-state index in [9.17, 15) is 19.5 Å². The third-order valence-electron chi connectivity index (χ3n) is 7.25. The van der Waals surface area contributed by atoms with E-state index in [-0.39, 0.29) is 43.1 Å². The Kier molecular flexibility index (Phi) is 8.12. The molecular weight excluding hydrogens is 506 g/mol.